The van der Waals surface area contributed by atoms with Crippen molar-refractivity contribution < 1.29 is 22.7 Å². The van der Waals surface area contributed by atoms with Gasteiger partial charge in [0.25, 0.3) is 11.5 Å². The van der Waals surface area contributed by atoms with Crippen LogP contribution in [0.25, 0.3) is 10.8 Å². The molecule has 0 spiro atoms. The maximum absolute atomic E-state index is 12.5. The van der Waals surface area contributed by atoms with Gasteiger partial charge in [0.05, 0.1) is 18.0 Å². The molecule has 1 heterocycles. The molecule has 6 nitrogen and oxygen atoms in total. The Bertz CT molecular complexity index is 846. The molecule has 142 valence electrons. The number of rotatable bonds is 6. The van der Waals surface area contributed by atoms with Crippen molar-refractivity contribution in [1.82, 2.24) is 15.1 Å². The normalized spacial score (nSPS) is 13.2. The number of alkyl halides is 3. The highest BCUT2D eigenvalue weighted by Gasteiger charge is 2.28. The summed E-state index contributed by atoms with van der Waals surface area (Å²) in [6, 6.07) is 5.65. The maximum Gasteiger partial charge on any atom is 0.411 e. The van der Waals surface area contributed by atoms with Crippen molar-refractivity contribution in [3.05, 3.63) is 40.3 Å². The van der Waals surface area contributed by atoms with Gasteiger partial charge in [0.1, 0.15) is 6.61 Å². The Balaban J connectivity index is 2.24. The van der Waals surface area contributed by atoms with E-state index in [2.05, 4.69) is 15.2 Å². The van der Waals surface area contributed by atoms with E-state index in [0.717, 1.165) is 0 Å². The molecule has 0 aliphatic carbocycles. The van der Waals surface area contributed by atoms with Gasteiger partial charge < -0.3 is 10.1 Å². The van der Waals surface area contributed by atoms with Gasteiger partial charge in [-0.3, -0.25) is 9.59 Å². The maximum atomic E-state index is 12.5. The van der Waals surface area contributed by atoms with Crippen LogP contribution in [-0.2, 0) is 4.74 Å². The fraction of sp³-hybridized carbons (Fsp3) is 0.471. The lowest BCUT2D eigenvalue weighted by molar-refractivity contribution is -0.174. The molecule has 0 radical (unpaired) electrons. The third-order valence-corrected chi connectivity index (χ3v) is 3.54. The van der Waals surface area contributed by atoms with E-state index in [4.69, 9.17) is 0 Å². The second kappa shape index (κ2) is 7.86. The minimum atomic E-state index is -4.42. The number of nitrogens with one attached hydrogen (secondary N) is 1. The molecule has 0 aliphatic heterocycles. The first-order valence-electron chi connectivity index (χ1n) is 8.07. The van der Waals surface area contributed by atoms with Crippen LogP contribution in [0.4, 0.5) is 13.2 Å². The van der Waals surface area contributed by atoms with Gasteiger partial charge in [-0.05, 0) is 26.8 Å². The van der Waals surface area contributed by atoms with E-state index in [1.54, 1.807) is 38.1 Å². The fourth-order valence-electron chi connectivity index (χ4n) is 2.41. The highest BCUT2D eigenvalue weighted by atomic mass is 19.4. The molecule has 1 aromatic heterocycles. The van der Waals surface area contributed by atoms with Crippen LogP contribution in [-0.4, -0.2) is 41.1 Å². The Kier molecular flexibility index (Phi) is 6.01. The quantitative estimate of drug-likeness (QED) is 0.847. The largest absolute Gasteiger partial charge is 0.411 e. The smallest absolute Gasteiger partial charge is 0.370 e. The number of ether oxygens (including phenoxy) is 1. The van der Waals surface area contributed by atoms with Gasteiger partial charge >= 0.3 is 6.18 Å². The van der Waals surface area contributed by atoms with Crippen LogP contribution >= 0.6 is 0 Å². The number of fused-ring (bicyclic) bond motifs is 1. The number of halogens is 3. The first-order chi connectivity index (χ1) is 12.1. The first-order valence-corrected chi connectivity index (χ1v) is 8.07. The summed E-state index contributed by atoms with van der Waals surface area (Å²) < 4.78 is 42.1. The highest BCUT2D eigenvalue weighted by Crippen LogP contribution is 2.16. The Labute approximate surface area is 147 Å². The average molecular weight is 371 g/mol. The van der Waals surface area contributed by atoms with Crippen LogP contribution in [0.2, 0.25) is 0 Å². The summed E-state index contributed by atoms with van der Waals surface area (Å²) in [5, 5.41) is 7.43. The third kappa shape index (κ3) is 4.81. The van der Waals surface area contributed by atoms with Crippen molar-refractivity contribution in [1.29, 1.82) is 0 Å². The van der Waals surface area contributed by atoms with E-state index in [-0.39, 0.29) is 23.9 Å². The molecule has 0 fully saturated rings. The Morgan fingerprint density at radius 1 is 1.23 bits per heavy atom. The minimum Gasteiger partial charge on any atom is -0.370 e. The molecule has 0 saturated heterocycles. The van der Waals surface area contributed by atoms with Crippen LogP contribution in [0.1, 0.15) is 37.3 Å². The second-order valence-corrected chi connectivity index (χ2v) is 6.24. The number of nitrogens with zero attached hydrogens (tertiary/aromatic N) is 2. The van der Waals surface area contributed by atoms with Crippen LogP contribution < -0.4 is 10.9 Å². The number of benzene rings is 1. The van der Waals surface area contributed by atoms with Crippen molar-refractivity contribution in [2.24, 2.45) is 0 Å². The molecule has 1 aromatic carbocycles. The Morgan fingerprint density at radius 3 is 2.42 bits per heavy atom. The Hall–Kier alpha value is -2.42. The number of aromatic nitrogens is 2. The Morgan fingerprint density at radius 2 is 1.85 bits per heavy atom. The summed E-state index contributed by atoms with van der Waals surface area (Å²) in [6.45, 7) is 3.37. The average Bonchev–Trinajstić information content (AvgIpc) is 2.53. The molecule has 1 amide bonds. The molecule has 1 N–H and O–H groups in total. The van der Waals surface area contributed by atoms with Gasteiger partial charge in [0.2, 0.25) is 0 Å². The van der Waals surface area contributed by atoms with Gasteiger partial charge in [0.15, 0.2) is 5.69 Å². The molecular weight excluding hydrogens is 351 g/mol. The van der Waals surface area contributed by atoms with Crippen molar-refractivity contribution in [2.75, 3.05) is 13.2 Å². The molecule has 0 aliphatic rings. The zero-order valence-electron chi connectivity index (χ0n) is 14.6. The summed E-state index contributed by atoms with van der Waals surface area (Å²) in [4.78, 5) is 25.0. The SMILES string of the molecule is CC(COCC(F)(F)F)NC(=O)c1nn(C(C)C)c(=O)c2ccccc12. The van der Waals surface area contributed by atoms with Crippen LogP contribution in [0.5, 0.6) is 0 Å². The van der Waals surface area contributed by atoms with E-state index in [0.29, 0.717) is 10.8 Å². The van der Waals surface area contributed by atoms with Crippen LogP contribution in [0.15, 0.2) is 29.1 Å². The lowest BCUT2D eigenvalue weighted by Crippen LogP contribution is -2.38. The molecule has 26 heavy (non-hydrogen) atoms. The van der Waals surface area contributed by atoms with E-state index < -0.39 is 24.7 Å². The zero-order valence-corrected chi connectivity index (χ0v) is 14.6. The third-order valence-electron chi connectivity index (χ3n) is 3.54. The molecule has 0 saturated carbocycles. The fourth-order valence-corrected chi connectivity index (χ4v) is 2.41. The molecule has 2 rings (SSSR count). The van der Waals surface area contributed by atoms with Gasteiger partial charge in [-0.25, -0.2) is 4.68 Å². The van der Waals surface area contributed by atoms with Gasteiger partial charge in [-0.1, -0.05) is 18.2 Å². The lowest BCUT2D eigenvalue weighted by Gasteiger charge is -2.17. The summed E-state index contributed by atoms with van der Waals surface area (Å²) >= 11 is 0. The van der Waals surface area contributed by atoms with Crippen molar-refractivity contribution >= 4 is 16.7 Å². The van der Waals surface area contributed by atoms with Crippen molar-refractivity contribution in [2.45, 2.75) is 39.0 Å². The summed E-state index contributed by atoms with van der Waals surface area (Å²) in [5.74, 6) is -0.585. The van der Waals surface area contributed by atoms with Gasteiger partial charge in [-0.15, -0.1) is 0 Å². The molecule has 9 heteroatoms. The molecule has 1 unspecified atom stereocenters. The topological polar surface area (TPSA) is 73.2 Å². The minimum absolute atomic E-state index is 0.0385. The highest BCUT2D eigenvalue weighted by molar-refractivity contribution is 6.04. The molecule has 0 bridgehead atoms. The van der Waals surface area contributed by atoms with E-state index >= 15 is 0 Å². The molecule has 2 aromatic rings. The molecular formula is C17H20F3N3O3. The first kappa shape index (κ1) is 19.9. The predicted octanol–water partition coefficient (Wildman–Crippen LogP) is 2.67. The van der Waals surface area contributed by atoms with Crippen LogP contribution in [0, 0.1) is 0 Å². The zero-order chi connectivity index (χ0) is 19.5. The van der Waals surface area contributed by atoms with E-state index in [1.807, 2.05) is 0 Å². The summed E-state index contributed by atoms with van der Waals surface area (Å²) in [6.07, 6.45) is -4.42. The predicted molar refractivity (Wildman–Crippen MR) is 90.2 cm³/mol. The summed E-state index contributed by atoms with van der Waals surface area (Å²) in [5.41, 5.74) is -0.273. The number of hydrogen-bond donors (Lipinski definition) is 1. The number of amides is 1. The standard InChI is InChI=1S/C17H20F3N3O3/c1-10(2)23-16(25)13-7-5-4-6-12(13)14(22-23)15(24)21-11(3)8-26-9-17(18,19)20/h4-7,10-11H,8-9H2,1-3H3,(H,21,24). The van der Waals surface area contributed by atoms with Crippen molar-refractivity contribution in [3.8, 4) is 0 Å². The number of carbonyl (C=O) groups is 1. The monoisotopic (exact) mass is 371 g/mol. The summed E-state index contributed by atoms with van der Waals surface area (Å²) in [7, 11) is 0. The lowest BCUT2D eigenvalue weighted by atomic mass is 10.1. The van der Waals surface area contributed by atoms with E-state index in [1.165, 1.54) is 11.6 Å². The number of hydrogen-bond acceptors (Lipinski definition) is 4. The van der Waals surface area contributed by atoms with Crippen molar-refractivity contribution in [3.63, 3.8) is 0 Å². The van der Waals surface area contributed by atoms with Gasteiger partial charge in [0, 0.05) is 11.4 Å². The second-order valence-electron chi connectivity index (χ2n) is 6.24. The number of carbonyl (C=O) groups excluding carboxylic acids is 1. The van der Waals surface area contributed by atoms with Crippen LogP contribution in [0.3, 0.4) is 0 Å². The van der Waals surface area contributed by atoms with Gasteiger partial charge in [-0.2, -0.15) is 18.3 Å². The van der Waals surface area contributed by atoms with E-state index in [9.17, 15) is 22.8 Å². The molecule has 1 atom stereocenters.